The number of nitrogens with one attached hydrogen (secondary N) is 1. The minimum Gasteiger partial charge on any atom is -0.324 e. The quantitative estimate of drug-likeness (QED) is 0.727. The normalized spacial score (nSPS) is 40.3. The van der Waals surface area contributed by atoms with E-state index in [2.05, 4.69) is 11.4 Å². The molecule has 2 bridgehead atoms. The second kappa shape index (κ2) is 4.30. The first kappa shape index (κ1) is 11.0. The second-order valence-electron chi connectivity index (χ2n) is 5.66. The maximum Gasteiger partial charge on any atom is 0.227 e. The van der Waals surface area contributed by atoms with Crippen LogP contribution in [-0.2, 0) is 4.79 Å². The molecule has 1 saturated heterocycles. The van der Waals surface area contributed by atoms with Crippen molar-refractivity contribution in [3.63, 3.8) is 0 Å². The third kappa shape index (κ3) is 1.83. The first-order chi connectivity index (χ1) is 8.29. The number of amides is 1. The number of hydrogen-bond donors (Lipinski definition) is 1. The molecule has 3 rings (SSSR count). The second-order valence-corrected chi connectivity index (χ2v) is 5.66. The van der Waals surface area contributed by atoms with E-state index in [0.29, 0.717) is 19.0 Å². The summed E-state index contributed by atoms with van der Waals surface area (Å²) in [5, 5.41) is 12.3. The molecule has 4 nitrogen and oxygen atoms in total. The van der Waals surface area contributed by atoms with Gasteiger partial charge in [0.25, 0.3) is 0 Å². The maximum absolute atomic E-state index is 12.5. The number of rotatable bonds is 1. The van der Waals surface area contributed by atoms with E-state index < -0.39 is 0 Å². The SMILES string of the molecule is N#CC1CNCCN1C(=O)C1CC2CCC1C2. The Kier molecular flexibility index (Phi) is 2.79. The Morgan fingerprint density at radius 2 is 2.24 bits per heavy atom. The van der Waals surface area contributed by atoms with Gasteiger partial charge >= 0.3 is 0 Å². The van der Waals surface area contributed by atoms with Crippen LogP contribution in [0.1, 0.15) is 25.7 Å². The fourth-order valence-electron chi connectivity index (χ4n) is 3.84. The zero-order valence-electron chi connectivity index (χ0n) is 10.1. The van der Waals surface area contributed by atoms with Crippen molar-refractivity contribution in [2.75, 3.05) is 19.6 Å². The van der Waals surface area contributed by atoms with E-state index in [9.17, 15) is 4.79 Å². The van der Waals surface area contributed by atoms with Crippen LogP contribution in [0.4, 0.5) is 0 Å². The molecule has 1 N–H and O–H groups in total. The molecular formula is C13H19N3O. The summed E-state index contributed by atoms with van der Waals surface area (Å²) in [5.74, 6) is 1.88. The van der Waals surface area contributed by atoms with Crippen LogP contribution in [0.5, 0.6) is 0 Å². The number of carbonyl (C=O) groups excluding carboxylic acids is 1. The smallest absolute Gasteiger partial charge is 0.227 e. The largest absolute Gasteiger partial charge is 0.324 e. The van der Waals surface area contributed by atoms with Gasteiger partial charge in [-0.15, -0.1) is 0 Å². The lowest BCUT2D eigenvalue weighted by Gasteiger charge is -2.35. The van der Waals surface area contributed by atoms with Gasteiger partial charge < -0.3 is 10.2 Å². The number of piperazine rings is 1. The summed E-state index contributed by atoms with van der Waals surface area (Å²) in [7, 11) is 0. The molecule has 1 aliphatic heterocycles. The Balaban J connectivity index is 1.71. The van der Waals surface area contributed by atoms with Crippen molar-refractivity contribution >= 4 is 5.91 Å². The van der Waals surface area contributed by atoms with Crippen LogP contribution in [0, 0.1) is 29.1 Å². The molecule has 2 aliphatic carbocycles. The van der Waals surface area contributed by atoms with Crippen LogP contribution < -0.4 is 5.32 Å². The first-order valence-electron chi connectivity index (χ1n) is 6.70. The topological polar surface area (TPSA) is 56.1 Å². The highest BCUT2D eigenvalue weighted by molar-refractivity contribution is 5.80. The molecule has 17 heavy (non-hydrogen) atoms. The van der Waals surface area contributed by atoms with E-state index >= 15 is 0 Å². The third-order valence-electron chi connectivity index (χ3n) is 4.73. The lowest BCUT2D eigenvalue weighted by molar-refractivity contribution is -0.139. The predicted molar refractivity (Wildman–Crippen MR) is 62.9 cm³/mol. The Hall–Kier alpha value is -1.08. The fourth-order valence-corrected chi connectivity index (χ4v) is 3.84. The van der Waals surface area contributed by atoms with Crippen molar-refractivity contribution in [3.8, 4) is 6.07 Å². The minimum atomic E-state index is -0.254. The Morgan fingerprint density at radius 3 is 2.88 bits per heavy atom. The molecule has 0 spiro atoms. The molecule has 4 unspecified atom stereocenters. The molecule has 0 radical (unpaired) electrons. The zero-order valence-corrected chi connectivity index (χ0v) is 10.1. The van der Waals surface area contributed by atoms with Gasteiger partial charge in [0.2, 0.25) is 5.91 Å². The summed E-state index contributed by atoms with van der Waals surface area (Å²) in [4.78, 5) is 14.3. The van der Waals surface area contributed by atoms with Crippen molar-refractivity contribution in [2.24, 2.45) is 17.8 Å². The van der Waals surface area contributed by atoms with Crippen LogP contribution in [0.3, 0.4) is 0 Å². The Morgan fingerprint density at radius 1 is 1.35 bits per heavy atom. The van der Waals surface area contributed by atoms with Gasteiger partial charge in [-0.25, -0.2) is 0 Å². The lowest BCUT2D eigenvalue weighted by Crippen LogP contribution is -2.55. The van der Waals surface area contributed by atoms with E-state index in [-0.39, 0.29) is 17.9 Å². The van der Waals surface area contributed by atoms with Gasteiger partial charge in [-0.05, 0) is 31.1 Å². The van der Waals surface area contributed by atoms with Gasteiger partial charge in [0.05, 0.1) is 6.07 Å². The van der Waals surface area contributed by atoms with Crippen molar-refractivity contribution in [2.45, 2.75) is 31.7 Å². The predicted octanol–water partition coefficient (Wildman–Crippen LogP) is 0.747. The molecule has 3 fully saturated rings. The van der Waals surface area contributed by atoms with Gasteiger partial charge in [-0.1, -0.05) is 6.42 Å². The van der Waals surface area contributed by atoms with Crippen molar-refractivity contribution < 1.29 is 4.79 Å². The molecule has 3 aliphatic rings. The molecule has 0 aromatic carbocycles. The van der Waals surface area contributed by atoms with Crippen molar-refractivity contribution in [1.82, 2.24) is 10.2 Å². The van der Waals surface area contributed by atoms with Crippen LogP contribution in [0.15, 0.2) is 0 Å². The summed E-state index contributed by atoms with van der Waals surface area (Å²) in [5.41, 5.74) is 0. The molecule has 4 heteroatoms. The van der Waals surface area contributed by atoms with E-state index in [1.807, 2.05) is 4.90 Å². The van der Waals surface area contributed by atoms with Crippen molar-refractivity contribution in [1.29, 1.82) is 5.26 Å². The monoisotopic (exact) mass is 233 g/mol. The molecule has 1 amide bonds. The first-order valence-corrected chi connectivity index (χ1v) is 6.70. The molecule has 4 atom stereocenters. The zero-order chi connectivity index (χ0) is 11.8. The van der Waals surface area contributed by atoms with Gasteiger partial charge in [-0.2, -0.15) is 5.26 Å². The minimum absolute atomic E-state index is 0.225. The van der Waals surface area contributed by atoms with Gasteiger partial charge in [0.15, 0.2) is 0 Å². The van der Waals surface area contributed by atoms with Gasteiger partial charge in [-0.3, -0.25) is 4.79 Å². The summed E-state index contributed by atoms with van der Waals surface area (Å²) in [6, 6.07) is 1.99. The highest BCUT2D eigenvalue weighted by Gasteiger charge is 2.45. The van der Waals surface area contributed by atoms with E-state index in [4.69, 9.17) is 5.26 Å². The fraction of sp³-hybridized carbons (Fsp3) is 0.846. The summed E-state index contributed by atoms with van der Waals surface area (Å²) in [6.07, 6.45) is 4.87. The van der Waals surface area contributed by atoms with E-state index in [0.717, 1.165) is 18.9 Å². The Labute approximate surface area is 102 Å². The number of hydrogen-bond acceptors (Lipinski definition) is 3. The standard InChI is InChI=1S/C13H19N3O/c14-7-11-8-15-3-4-16(11)13(17)12-6-9-1-2-10(12)5-9/h9-12,15H,1-6,8H2. The lowest BCUT2D eigenvalue weighted by atomic mass is 9.87. The van der Waals surface area contributed by atoms with Crippen LogP contribution >= 0.6 is 0 Å². The van der Waals surface area contributed by atoms with Crippen LogP contribution in [0.25, 0.3) is 0 Å². The van der Waals surface area contributed by atoms with E-state index in [1.165, 1.54) is 19.3 Å². The summed E-state index contributed by atoms with van der Waals surface area (Å²) < 4.78 is 0. The number of carbonyl (C=O) groups is 1. The molecule has 0 aromatic heterocycles. The summed E-state index contributed by atoms with van der Waals surface area (Å²) in [6.45, 7) is 2.15. The summed E-state index contributed by atoms with van der Waals surface area (Å²) >= 11 is 0. The van der Waals surface area contributed by atoms with E-state index in [1.54, 1.807) is 0 Å². The third-order valence-corrected chi connectivity index (χ3v) is 4.73. The molecule has 1 heterocycles. The van der Waals surface area contributed by atoms with Gasteiger partial charge in [0, 0.05) is 25.6 Å². The number of nitrogens with zero attached hydrogens (tertiary/aromatic N) is 2. The highest BCUT2D eigenvalue weighted by Crippen LogP contribution is 2.49. The van der Waals surface area contributed by atoms with Crippen molar-refractivity contribution in [3.05, 3.63) is 0 Å². The molecule has 0 aromatic rings. The van der Waals surface area contributed by atoms with Crippen LogP contribution in [-0.4, -0.2) is 36.5 Å². The highest BCUT2D eigenvalue weighted by atomic mass is 16.2. The Bertz CT molecular complexity index is 362. The number of nitriles is 1. The molecule has 92 valence electrons. The van der Waals surface area contributed by atoms with Crippen LogP contribution in [0.2, 0.25) is 0 Å². The molecular weight excluding hydrogens is 214 g/mol. The maximum atomic E-state index is 12.5. The van der Waals surface area contributed by atoms with Gasteiger partial charge in [0.1, 0.15) is 6.04 Å². The average molecular weight is 233 g/mol. The average Bonchev–Trinajstić information content (AvgIpc) is 3.00. The number of fused-ring (bicyclic) bond motifs is 2. The molecule has 2 saturated carbocycles.